The second kappa shape index (κ2) is 8.32. The molecule has 2 aliphatic heterocycles. The lowest BCUT2D eigenvalue weighted by Crippen LogP contribution is -2.44. The second-order valence-electron chi connectivity index (χ2n) is 7.89. The molecule has 1 aromatic carbocycles. The minimum atomic E-state index is -0.304. The van der Waals surface area contributed by atoms with Crippen molar-refractivity contribution in [1.82, 2.24) is 10.3 Å². The second-order valence-corrected chi connectivity index (χ2v) is 9.14. The minimum absolute atomic E-state index is 0.174. The number of rotatable bonds is 6. The minimum Gasteiger partial charge on any atom is -0.380 e. The van der Waals surface area contributed by atoms with Crippen LogP contribution in [0.15, 0.2) is 35.4 Å². The zero-order valence-electron chi connectivity index (χ0n) is 16.8. The molecular weight excluding hydrogens is 389 g/mol. The molecule has 154 valence electrons. The number of nitrogens with one attached hydrogen (secondary N) is 1. The monoisotopic (exact) mass is 415 g/mol. The highest BCUT2D eigenvalue weighted by molar-refractivity contribution is 7.99. The summed E-state index contributed by atoms with van der Waals surface area (Å²) in [4.78, 5) is 20.1. The van der Waals surface area contributed by atoms with E-state index in [1.807, 2.05) is 13.0 Å². The Morgan fingerprint density at radius 1 is 1.38 bits per heavy atom. The number of carbonyl (C=O) groups is 1. The Bertz CT molecular complexity index is 917. The normalized spacial score (nSPS) is 17.4. The fourth-order valence-corrected chi connectivity index (χ4v) is 4.81. The highest BCUT2D eigenvalue weighted by Gasteiger charge is 2.44. The van der Waals surface area contributed by atoms with Gasteiger partial charge in [-0.15, -0.1) is 11.8 Å². The van der Waals surface area contributed by atoms with Crippen LogP contribution in [0.5, 0.6) is 0 Å². The first-order valence-electron chi connectivity index (χ1n) is 9.99. The van der Waals surface area contributed by atoms with Crippen LogP contribution in [0.4, 0.5) is 10.2 Å². The van der Waals surface area contributed by atoms with Gasteiger partial charge < -0.3 is 15.0 Å². The van der Waals surface area contributed by atoms with Gasteiger partial charge in [0.2, 0.25) is 0 Å². The summed E-state index contributed by atoms with van der Waals surface area (Å²) < 4.78 is 18.8. The van der Waals surface area contributed by atoms with Gasteiger partial charge in [0.05, 0.1) is 18.8 Å². The van der Waals surface area contributed by atoms with E-state index in [1.165, 1.54) is 12.1 Å². The smallest absolute Gasteiger partial charge is 0.254 e. The highest BCUT2D eigenvalue weighted by atomic mass is 32.2. The summed E-state index contributed by atoms with van der Waals surface area (Å²) in [7, 11) is 0. The third-order valence-corrected chi connectivity index (χ3v) is 6.46. The van der Waals surface area contributed by atoms with Gasteiger partial charge in [0.25, 0.3) is 5.91 Å². The Labute approximate surface area is 175 Å². The molecule has 29 heavy (non-hydrogen) atoms. The molecule has 2 aromatic rings. The van der Waals surface area contributed by atoms with Crippen molar-refractivity contribution in [3.63, 3.8) is 0 Å². The van der Waals surface area contributed by atoms with E-state index in [2.05, 4.69) is 17.1 Å². The van der Waals surface area contributed by atoms with Crippen LogP contribution in [0.2, 0.25) is 0 Å². The van der Waals surface area contributed by atoms with E-state index < -0.39 is 0 Å². The maximum atomic E-state index is 13.4. The molecule has 0 aliphatic carbocycles. The summed E-state index contributed by atoms with van der Waals surface area (Å²) in [6.07, 6.45) is 1.12. The number of aryl methyl sites for hydroxylation is 1. The van der Waals surface area contributed by atoms with Crippen molar-refractivity contribution in [2.24, 2.45) is 5.41 Å². The van der Waals surface area contributed by atoms with Crippen LogP contribution >= 0.6 is 11.8 Å². The van der Waals surface area contributed by atoms with Crippen LogP contribution in [0.3, 0.4) is 0 Å². The van der Waals surface area contributed by atoms with Crippen LogP contribution in [-0.2, 0) is 11.3 Å². The van der Waals surface area contributed by atoms with Gasteiger partial charge in [-0.2, -0.15) is 0 Å². The van der Waals surface area contributed by atoms with E-state index in [1.54, 1.807) is 23.9 Å². The maximum absolute atomic E-state index is 13.4. The topological polar surface area (TPSA) is 54.5 Å². The lowest BCUT2D eigenvalue weighted by molar-refractivity contribution is -0.0985. The van der Waals surface area contributed by atoms with Crippen molar-refractivity contribution in [3.05, 3.63) is 52.8 Å². The predicted octanol–water partition coefficient (Wildman–Crippen LogP) is 3.80. The summed E-state index contributed by atoms with van der Waals surface area (Å²) >= 11 is 1.58. The van der Waals surface area contributed by atoms with Gasteiger partial charge in [-0.25, -0.2) is 9.37 Å². The summed E-state index contributed by atoms with van der Waals surface area (Å²) in [5.74, 6) is 1.29. The molecule has 0 atom stereocenters. The molecule has 0 bridgehead atoms. The number of thioether (sulfide) groups is 1. The number of amides is 1. The van der Waals surface area contributed by atoms with Crippen molar-refractivity contribution >= 4 is 23.5 Å². The maximum Gasteiger partial charge on any atom is 0.254 e. The number of anilines is 1. The zero-order chi connectivity index (χ0) is 20.4. The number of hydrogen-bond donors (Lipinski definition) is 1. The SMILES string of the molecule is CCSc1nc(N2CCC3(COC3)C2)cc(C)c1C(=O)NCc1cccc(F)c1. The first-order valence-corrected chi connectivity index (χ1v) is 11.0. The Morgan fingerprint density at radius 3 is 2.86 bits per heavy atom. The summed E-state index contributed by atoms with van der Waals surface area (Å²) in [5, 5.41) is 3.67. The van der Waals surface area contributed by atoms with Crippen molar-refractivity contribution < 1.29 is 13.9 Å². The van der Waals surface area contributed by atoms with Crippen LogP contribution < -0.4 is 10.2 Å². The molecule has 2 saturated heterocycles. The number of benzene rings is 1. The first kappa shape index (κ1) is 20.2. The van der Waals surface area contributed by atoms with Crippen LogP contribution in [0.25, 0.3) is 0 Å². The standard InChI is InChI=1S/C22H26FN3O2S/c1-3-29-21-19(20(27)24-11-16-5-4-6-17(23)10-16)15(2)9-18(25-21)26-8-7-22(12-26)13-28-14-22/h4-6,9-10H,3,7-8,11-14H2,1-2H3,(H,24,27). The van der Waals surface area contributed by atoms with Crippen molar-refractivity contribution in [1.29, 1.82) is 0 Å². The Kier molecular flexibility index (Phi) is 5.79. The molecule has 2 aliphatic rings. The molecule has 4 rings (SSSR count). The highest BCUT2D eigenvalue weighted by Crippen LogP contribution is 2.39. The largest absolute Gasteiger partial charge is 0.380 e. The molecule has 7 heteroatoms. The van der Waals surface area contributed by atoms with Gasteiger partial charge in [0.1, 0.15) is 16.7 Å². The van der Waals surface area contributed by atoms with Gasteiger partial charge in [0, 0.05) is 25.0 Å². The van der Waals surface area contributed by atoms with Gasteiger partial charge in [-0.05, 0) is 48.4 Å². The zero-order valence-corrected chi connectivity index (χ0v) is 17.7. The molecule has 1 amide bonds. The van der Waals surface area contributed by atoms with Crippen molar-refractivity contribution in [3.8, 4) is 0 Å². The summed E-state index contributed by atoms with van der Waals surface area (Å²) in [5.41, 5.74) is 2.54. The Balaban J connectivity index is 1.53. The first-order chi connectivity index (χ1) is 14.0. The molecule has 1 N–H and O–H groups in total. The number of aromatic nitrogens is 1. The number of nitrogens with zero attached hydrogens (tertiary/aromatic N) is 2. The number of carbonyl (C=O) groups excluding carboxylic acids is 1. The number of ether oxygens (including phenoxy) is 1. The third-order valence-electron chi connectivity index (χ3n) is 5.60. The van der Waals surface area contributed by atoms with E-state index in [0.717, 1.165) is 60.4 Å². The molecule has 5 nitrogen and oxygen atoms in total. The van der Waals surface area contributed by atoms with E-state index >= 15 is 0 Å². The Morgan fingerprint density at radius 2 is 2.21 bits per heavy atom. The van der Waals surface area contributed by atoms with Crippen LogP contribution in [-0.4, -0.2) is 42.9 Å². The van der Waals surface area contributed by atoms with E-state index in [-0.39, 0.29) is 23.7 Å². The predicted molar refractivity (Wildman–Crippen MR) is 113 cm³/mol. The molecule has 0 unspecified atom stereocenters. The average molecular weight is 416 g/mol. The molecule has 2 fully saturated rings. The van der Waals surface area contributed by atoms with Gasteiger partial charge in [-0.3, -0.25) is 4.79 Å². The van der Waals surface area contributed by atoms with Gasteiger partial charge >= 0.3 is 0 Å². The Hall–Kier alpha value is -2.12. The molecule has 1 aromatic heterocycles. The number of halogens is 1. The molecular formula is C22H26FN3O2S. The summed E-state index contributed by atoms with van der Waals surface area (Å²) in [6.45, 7) is 7.89. The van der Waals surface area contributed by atoms with Gasteiger partial charge in [0.15, 0.2) is 0 Å². The fraction of sp³-hybridized carbons (Fsp3) is 0.455. The summed E-state index contributed by atoms with van der Waals surface area (Å²) in [6, 6.07) is 8.28. The molecule has 0 radical (unpaired) electrons. The number of pyridine rings is 1. The van der Waals surface area contributed by atoms with Gasteiger partial charge in [-0.1, -0.05) is 19.1 Å². The third kappa shape index (κ3) is 4.26. The van der Waals surface area contributed by atoms with Crippen LogP contribution in [0.1, 0.15) is 34.8 Å². The average Bonchev–Trinajstić information content (AvgIpc) is 3.13. The quantitative estimate of drug-likeness (QED) is 0.728. The molecule has 3 heterocycles. The molecule has 0 saturated carbocycles. The van der Waals surface area contributed by atoms with Crippen LogP contribution in [0, 0.1) is 18.2 Å². The fourth-order valence-electron chi connectivity index (χ4n) is 3.98. The van der Waals surface area contributed by atoms with E-state index in [9.17, 15) is 9.18 Å². The lowest BCUT2D eigenvalue weighted by Gasteiger charge is -2.37. The van der Waals surface area contributed by atoms with Crippen molar-refractivity contribution in [2.75, 3.05) is 37.0 Å². The lowest BCUT2D eigenvalue weighted by atomic mass is 9.85. The van der Waals surface area contributed by atoms with E-state index in [0.29, 0.717) is 5.56 Å². The number of hydrogen-bond acceptors (Lipinski definition) is 5. The van der Waals surface area contributed by atoms with E-state index in [4.69, 9.17) is 9.72 Å². The van der Waals surface area contributed by atoms with Crippen molar-refractivity contribution in [2.45, 2.75) is 31.8 Å². The molecule has 1 spiro atoms.